The van der Waals surface area contributed by atoms with Crippen molar-refractivity contribution in [3.8, 4) is 0 Å². The first-order valence-corrected chi connectivity index (χ1v) is 7.70. The number of nitrogens with one attached hydrogen (secondary N) is 1. The lowest BCUT2D eigenvalue weighted by molar-refractivity contribution is 0.960. The van der Waals surface area contributed by atoms with Crippen LogP contribution in [0, 0.1) is 13.8 Å². The van der Waals surface area contributed by atoms with Gasteiger partial charge in [0.05, 0.1) is 0 Å². The van der Waals surface area contributed by atoms with Gasteiger partial charge in [-0.3, -0.25) is 0 Å². The standard InChI is InChI=1S/C11H17N3S2/c1-8-5-11(14-9(2)13-8)12-6-10-7-15-3-4-16-10/h5,10H,3-4,6-7H2,1-2H3,(H,12,13,14). The van der Waals surface area contributed by atoms with E-state index in [-0.39, 0.29) is 0 Å². The Kier molecular flexibility index (Phi) is 4.35. The monoisotopic (exact) mass is 255 g/mol. The van der Waals surface area contributed by atoms with Crippen LogP contribution in [0.1, 0.15) is 11.5 Å². The summed E-state index contributed by atoms with van der Waals surface area (Å²) in [7, 11) is 0. The molecule has 1 atom stereocenters. The van der Waals surface area contributed by atoms with Gasteiger partial charge in [0, 0.05) is 40.8 Å². The van der Waals surface area contributed by atoms with E-state index in [1.807, 2.05) is 19.9 Å². The van der Waals surface area contributed by atoms with Crippen LogP contribution >= 0.6 is 23.5 Å². The van der Waals surface area contributed by atoms with Gasteiger partial charge in [0.1, 0.15) is 11.6 Å². The normalized spacial score (nSPS) is 20.8. The van der Waals surface area contributed by atoms with Gasteiger partial charge in [0.2, 0.25) is 0 Å². The topological polar surface area (TPSA) is 37.8 Å². The number of hydrogen-bond donors (Lipinski definition) is 1. The summed E-state index contributed by atoms with van der Waals surface area (Å²) in [6, 6.07) is 2.01. The Bertz CT molecular complexity index is 331. The molecule has 1 aliphatic rings. The molecule has 0 amide bonds. The maximum absolute atomic E-state index is 4.38. The van der Waals surface area contributed by atoms with Crippen molar-refractivity contribution in [2.45, 2.75) is 19.1 Å². The summed E-state index contributed by atoms with van der Waals surface area (Å²) in [6.45, 7) is 4.95. The zero-order chi connectivity index (χ0) is 11.4. The van der Waals surface area contributed by atoms with Crippen LogP contribution in [-0.4, -0.2) is 39.0 Å². The van der Waals surface area contributed by atoms with E-state index >= 15 is 0 Å². The molecule has 5 heteroatoms. The Morgan fingerprint density at radius 3 is 2.94 bits per heavy atom. The Labute approximate surface area is 105 Å². The first-order chi connectivity index (χ1) is 7.74. The van der Waals surface area contributed by atoms with Crippen molar-refractivity contribution in [1.29, 1.82) is 0 Å². The number of aryl methyl sites for hydroxylation is 2. The molecule has 0 radical (unpaired) electrons. The highest BCUT2D eigenvalue weighted by atomic mass is 32.2. The van der Waals surface area contributed by atoms with E-state index in [2.05, 4.69) is 38.8 Å². The second-order valence-electron chi connectivity index (χ2n) is 3.89. The van der Waals surface area contributed by atoms with E-state index in [1.54, 1.807) is 0 Å². The van der Waals surface area contributed by atoms with Crippen LogP contribution in [0.25, 0.3) is 0 Å². The van der Waals surface area contributed by atoms with Crippen LogP contribution in [0.4, 0.5) is 5.82 Å². The van der Waals surface area contributed by atoms with Crippen LogP contribution in [0.3, 0.4) is 0 Å². The maximum Gasteiger partial charge on any atom is 0.129 e. The third-order valence-electron chi connectivity index (χ3n) is 2.36. The Morgan fingerprint density at radius 1 is 1.38 bits per heavy atom. The van der Waals surface area contributed by atoms with Gasteiger partial charge in [-0.1, -0.05) is 0 Å². The van der Waals surface area contributed by atoms with Crippen molar-refractivity contribution in [2.75, 3.05) is 29.1 Å². The second kappa shape index (κ2) is 5.77. The van der Waals surface area contributed by atoms with Gasteiger partial charge in [-0.25, -0.2) is 9.97 Å². The molecule has 1 aliphatic heterocycles. The van der Waals surface area contributed by atoms with Gasteiger partial charge in [-0.15, -0.1) is 0 Å². The fraction of sp³-hybridized carbons (Fsp3) is 0.636. The minimum Gasteiger partial charge on any atom is -0.369 e. The summed E-state index contributed by atoms with van der Waals surface area (Å²) < 4.78 is 0. The molecule has 2 heterocycles. The number of rotatable bonds is 3. The Balaban J connectivity index is 1.88. The van der Waals surface area contributed by atoms with E-state index < -0.39 is 0 Å². The van der Waals surface area contributed by atoms with E-state index in [0.29, 0.717) is 5.25 Å². The van der Waals surface area contributed by atoms with E-state index in [9.17, 15) is 0 Å². The molecule has 1 N–H and O–H groups in total. The molecule has 16 heavy (non-hydrogen) atoms. The number of aromatic nitrogens is 2. The summed E-state index contributed by atoms with van der Waals surface area (Å²) in [6.07, 6.45) is 0. The molecule has 1 unspecified atom stereocenters. The summed E-state index contributed by atoms with van der Waals surface area (Å²) in [5, 5.41) is 4.13. The molecule has 0 aliphatic carbocycles. The SMILES string of the molecule is Cc1cc(NCC2CSCCS2)nc(C)n1. The zero-order valence-corrected chi connectivity index (χ0v) is 11.3. The number of thioether (sulfide) groups is 2. The molecule has 0 aromatic carbocycles. The number of nitrogens with zero attached hydrogens (tertiary/aromatic N) is 2. The minimum absolute atomic E-state index is 0.717. The molecule has 0 bridgehead atoms. The molecule has 1 fully saturated rings. The zero-order valence-electron chi connectivity index (χ0n) is 9.69. The molecular weight excluding hydrogens is 238 g/mol. The lowest BCUT2D eigenvalue weighted by Crippen LogP contribution is -2.23. The molecule has 2 rings (SSSR count). The average molecular weight is 255 g/mol. The lowest BCUT2D eigenvalue weighted by atomic mass is 10.4. The molecular formula is C11H17N3S2. The first-order valence-electron chi connectivity index (χ1n) is 5.49. The average Bonchev–Trinajstić information content (AvgIpc) is 2.27. The molecule has 0 spiro atoms. The molecule has 88 valence electrons. The van der Waals surface area contributed by atoms with Crippen molar-refractivity contribution < 1.29 is 0 Å². The predicted molar refractivity (Wildman–Crippen MR) is 73.6 cm³/mol. The van der Waals surface area contributed by atoms with Crippen molar-refractivity contribution >= 4 is 29.3 Å². The van der Waals surface area contributed by atoms with Crippen LogP contribution in [0.5, 0.6) is 0 Å². The summed E-state index contributed by atoms with van der Waals surface area (Å²) >= 11 is 4.11. The number of hydrogen-bond acceptors (Lipinski definition) is 5. The third kappa shape index (κ3) is 3.56. The summed E-state index contributed by atoms with van der Waals surface area (Å²) in [4.78, 5) is 8.65. The number of anilines is 1. The fourth-order valence-electron chi connectivity index (χ4n) is 1.68. The largest absolute Gasteiger partial charge is 0.369 e. The molecule has 1 aromatic heterocycles. The lowest BCUT2D eigenvalue weighted by Gasteiger charge is -2.21. The van der Waals surface area contributed by atoms with Crippen LogP contribution in [0.2, 0.25) is 0 Å². The fourth-order valence-corrected chi connectivity index (χ4v) is 4.29. The molecule has 1 saturated heterocycles. The van der Waals surface area contributed by atoms with Gasteiger partial charge in [0.15, 0.2) is 0 Å². The quantitative estimate of drug-likeness (QED) is 0.897. The highest BCUT2D eigenvalue weighted by Gasteiger charge is 2.14. The van der Waals surface area contributed by atoms with Gasteiger partial charge >= 0.3 is 0 Å². The first kappa shape index (κ1) is 12.0. The van der Waals surface area contributed by atoms with Gasteiger partial charge < -0.3 is 5.32 Å². The van der Waals surface area contributed by atoms with Crippen molar-refractivity contribution in [3.05, 3.63) is 17.6 Å². The Morgan fingerprint density at radius 2 is 2.25 bits per heavy atom. The predicted octanol–water partition coefficient (Wildman–Crippen LogP) is 2.35. The summed E-state index contributed by atoms with van der Waals surface area (Å²) in [5.41, 5.74) is 1.03. The second-order valence-corrected chi connectivity index (χ2v) is 6.45. The van der Waals surface area contributed by atoms with E-state index in [1.165, 1.54) is 17.3 Å². The van der Waals surface area contributed by atoms with Crippen LogP contribution in [0.15, 0.2) is 6.07 Å². The summed E-state index contributed by atoms with van der Waals surface area (Å²) in [5.74, 6) is 5.63. The van der Waals surface area contributed by atoms with Gasteiger partial charge in [-0.2, -0.15) is 23.5 Å². The van der Waals surface area contributed by atoms with Crippen molar-refractivity contribution in [1.82, 2.24) is 9.97 Å². The van der Waals surface area contributed by atoms with E-state index in [4.69, 9.17) is 0 Å². The van der Waals surface area contributed by atoms with Crippen LogP contribution < -0.4 is 5.32 Å². The van der Waals surface area contributed by atoms with Crippen molar-refractivity contribution in [3.63, 3.8) is 0 Å². The molecule has 3 nitrogen and oxygen atoms in total. The third-order valence-corrected chi connectivity index (χ3v) is 5.21. The highest BCUT2D eigenvalue weighted by Crippen LogP contribution is 2.24. The Hall–Kier alpha value is -0.420. The maximum atomic E-state index is 4.38. The van der Waals surface area contributed by atoms with E-state index in [0.717, 1.165) is 23.9 Å². The minimum atomic E-state index is 0.717. The molecule has 1 aromatic rings. The van der Waals surface area contributed by atoms with Crippen molar-refractivity contribution in [2.24, 2.45) is 0 Å². The van der Waals surface area contributed by atoms with Gasteiger partial charge in [-0.05, 0) is 13.8 Å². The smallest absolute Gasteiger partial charge is 0.129 e. The van der Waals surface area contributed by atoms with Crippen LogP contribution in [-0.2, 0) is 0 Å². The highest BCUT2D eigenvalue weighted by molar-refractivity contribution is 8.06. The molecule has 0 saturated carbocycles. The van der Waals surface area contributed by atoms with Gasteiger partial charge in [0.25, 0.3) is 0 Å².